The van der Waals surface area contributed by atoms with Crippen LogP contribution in [0.2, 0.25) is 0 Å². The zero-order valence-corrected chi connectivity index (χ0v) is 17.8. The van der Waals surface area contributed by atoms with E-state index in [4.69, 9.17) is 0 Å². The second kappa shape index (κ2) is 9.60. The Morgan fingerprint density at radius 3 is 2.28 bits per heavy atom. The van der Waals surface area contributed by atoms with Crippen molar-refractivity contribution in [1.29, 1.82) is 0 Å². The van der Waals surface area contributed by atoms with E-state index in [1.165, 1.54) is 59.2 Å². The first-order chi connectivity index (χ1) is 14.9. The molecule has 0 amide bonds. The van der Waals surface area contributed by atoms with E-state index in [2.05, 4.69) is 5.32 Å². The molecule has 1 heterocycles. The zero-order valence-electron chi connectivity index (χ0n) is 17.0. The molecule has 2 N–H and O–H groups in total. The molecular formula is C23H21ClF3N3O2. The third kappa shape index (κ3) is 4.17. The minimum atomic E-state index is -1.18. The molecule has 168 valence electrons. The molecule has 2 atom stereocenters. The number of aliphatic hydroxyl groups is 1. The number of halogens is 4. The average molecular weight is 464 g/mol. The van der Waals surface area contributed by atoms with Gasteiger partial charge in [-0.3, -0.25) is 9.13 Å². The highest BCUT2D eigenvalue weighted by Crippen LogP contribution is 2.29. The maximum absolute atomic E-state index is 15.0. The summed E-state index contributed by atoms with van der Waals surface area (Å²) in [7, 11) is 1.62. The first kappa shape index (κ1) is 23.6. The molecule has 0 radical (unpaired) electrons. The smallest absolute Gasteiger partial charge is 0.334 e. The highest BCUT2D eigenvalue weighted by Gasteiger charge is 2.30. The standard InChI is InChI=1S/C23H20F3N3O2.ClH/c1-27-13-20(30)21(14-5-2-6-15(24)11-14)29-22-18(26)9-4-10-19(22)28(23(29)31)17-8-3-7-16(25)12-17;/h2-12,20-21,27,30H,13H2,1H3;1H/t20-,21+;/m1./s1. The number of likely N-dealkylation sites (N-methyl/N-ethyl adjacent to an activating group) is 1. The van der Waals surface area contributed by atoms with Gasteiger partial charge in [0, 0.05) is 6.54 Å². The van der Waals surface area contributed by atoms with E-state index in [-0.39, 0.29) is 35.7 Å². The monoisotopic (exact) mass is 463 g/mol. The van der Waals surface area contributed by atoms with Gasteiger partial charge < -0.3 is 10.4 Å². The van der Waals surface area contributed by atoms with Crippen molar-refractivity contribution >= 4 is 23.4 Å². The second-order valence-electron chi connectivity index (χ2n) is 7.20. The summed E-state index contributed by atoms with van der Waals surface area (Å²) in [6, 6.07) is 13.9. The fourth-order valence-corrected chi connectivity index (χ4v) is 3.91. The fraction of sp³-hybridized carbons (Fsp3) is 0.174. The summed E-state index contributed by atoms with van der Waals surface area (Å²) < 4.78 is 45.2. The predicted octanol–water partition coefficient (Wildman–Crippen LogP) is 3.80. The molecule has 3 aromatic carbocycles. The summed E-state index contributed by atoms with van der Waals surface area (Å²) in [4.78, 5) is 13.6. The van der Waals surface area contributed by atoms with Crippen molar-refractivity contribution in [2.24, 2.45) is 0 Å². The van der Waals surface area contributed by atoms with Crippen LogP contribution in [-0.4, -0.2) is 33.9 Å². The molecular weight excluding hydrogens is 443 g/mol. The fourth-order valence-electron chi connectivity index (χ4n) is 3.91. The quantitative estimate of drug-likeness (QED) is 0.457. The van der Waals surface area contributed by atoms with Crippen LogP contribution in [0.1, 0.15) is 11.6 Å². The Balaban J connectivity index is 0.00000289. The van der Waals surface area contributed by atoms with Crippen LogP contribution in [0.3, 0.4) is 0 Å². The van der Waals surface area contributed by atoms with Crippen LogP contribution in [0.25, 0.3) is 16.7 Å². The number of nitrogens with one attached hydrogen (secondary N) is 1. The molecule has 0 saturated carbocycles. The summed E-state index contributed by atoms with van der Waals surface area (Å²) >= 11 is 0. The van der Waals surface area contributed by atoms with Crippen LogP contribution in [0.4, 0.5) is 13.2 Å². The highest BCUT2D eigenvalue weighted by atomic mass is 35.5. The SMILES string of the molecule is CNC[C@@H](O)[C@H](c1cccc(F)c1)n1c(=O)n(-c2cccc(F)c2)c2cccc(F)c21.Cl. The average Bonchev–Trinajstić information content (AvgIpc) is 3.02. The summed E-state index contributed by atoms with van der Waals surface area (Å²) in [5, 5.41) is 13.7. The molecule has 4 rings (SSSR count). The van der Waals surface area contributed by atoms with Gasteiger partial charge in [0.25, 0.3) is 0 Å². The first-order valence-corrected chi connectivity index (χ1v) is 9.68. The van der Waals surface area contributed by atoms with Crippen molar-refractivity contribution in [3.63, 3.8) is 0 Å². The van der Waals surface area contributed by atoms with Crippen LogP contribution in [0.15, 0.2) is 71.5 Å². The maximum atomic E-state index is 15.0. The van der Waals surface area contributed by atoms with Gasteiger partial charge in [-0.05, 0) is 55.1 Å². The minimum absolute atomic E-state index is 0. The lowest BCUT2D eigenvalue weighted by molar-refractivity contribution is 0.130. The van der Waals surface area contributed by atoms with Crippen LogP contribution < -0.4 is 11.0 Å². The lowest BCUT2D eigenvalue weighted by Crippen LogP contribution is -2.38. The van der Waals surface area contributed by atoms with Gasteiger partial charge in [-0.1, -0.05) is 24.3 Å². The van der Waals surface area contributed by atoms with E-state index >= 15 is 4.39 Å². The molecule has 1 aromatic heterocycles. The lowest BCUT2D eigenvalue weighted by atomic mass is 10.0. The van der Waals surface area contributed by atoms with E-state index in [0.29, 0.717) is 5.56 Å². The number of fused-ring (bicyclic) bond motifs is 1. The molecule has 0 fully saturated rings. The number of benzene rings is 3. The third-order valence-electron chi connectivity index (χ3n) is 5.16. The first-order valence-electron chi connectivity index (χ1n) is 9.68. The summed E-state index contributed by atoms with van der Waals surface area (Å²) in [6.07, 6.45) is -1.18. The van der Waals surface area contributed by atoms with E-state index in [1.54, 1.807) is 13.1 Å². The summed E-state index contributed by atoms with van der Waals surface area (Å²) in [5.41, 5.74) is -0.0446. The molecule has 0 spiro atoms. The van der Waals surface area contributed by atoms with Gasteiger partial charge in [-0.2, -0.15) is 0 Å². The number of rotatable bonds is 6. The molecule has 0 aliphatic carbocycles. The Bertz CT molecular complexity index is 1310. The number of nitrogens with zero attached hydrogens (tertiary/aromatic N) is 2. The molecule has 4 aromatic rings. The van der Waals surface area contributed by atoms with Gasteiger partial charge in [-0.15, -0.1) is 12.4 Å². The Hall–Kier alpha value is -3.07. The number of imidazole rings is 1. The predicted molar refractivity (Wildman–Crippen MR) is 119 cm³/mol. The molecule has 0 saturated heterocycles. The van der Waals surface area contributed by atoms with Crippen molar-refractivity contribution in [2.75, 3.05) is 13.6 Å². The Labute approximate surface area is 188 Å². The van der Waals surface area contributed by atoms with Gasteiger partial charge in [0.15, 0.2) is 0 Å². The molecule has 9 heteroatoms. The van der Waals surface area contributed by atoms with Gasteiger partial charge in [-0.25, -0.2) is 18.0 Å². The van der Waals surface area contributed by atoms with Gasteiger partial charge in [0.05, 0.1) is 23.3 Å². The van der Waals surface area contributed by atoms with Crippen molar-refractivity contribution in [1.82, 2.24) is 14.5 Å². The van der Waals surface area contributed by atoms with Crippen molar-refractivity contribution in [3.8, 4) is 5.69 Å². The van der Waals surface area contributed by atoms with Gasteiger partial charge >= 0.3 is 5.69 Å². The maximum Gasteiger partial charge on any atom is 0.334 e. The van der Waals surface area contributed by atoms with Crippen molar-refractivity contribution in [2.45, 2.75) is 12.1 Å². The summed E-state index contributed by atoms with van der Waals surface area (Å²) in [6.45, 7) is 0.0642. The topological polar surface area (TPSA) is 59.2 Å². The Kier molecular flexibility index (Phi) is 7.08. The molecule has 0 aliphatic rings. The third-order valence-corrected chi connectivity index (χ3v) is 5.16. The molecule has 5 nitrogen and oxygen atoms in total. The van der Waals surface area contributed by atoms with E-state index in [9.17, 15) is 18.7 Å². The van der Waals surface area contributed by atoms with E-state index in [1.807, 2.05) is 0 Å². The van der Waals surface area contributed by atoms with Crippen molar-refractivity contribution in [3.05, 3.63) is 100 Å². The zero-order chi connectivity index (χ0) is 22.1. The number of para-hydroxylation sites is 1. The van der Waals surface area contributed by atoms with Gasteiger partial charge in [0.2, 0.25) is 0 Å². The second-order valence-corrected chi connectivity index (χ2v) is 7.20. The van der Waals surface area contributed by atoms with E-state index in [0.717, 1.165) is 10.6 Å². The molecule has 0 bridgehead atoms. The van der Waals surface area contributed by atoms with Gasteiger partial charge in [0.1, 0.15) is 23.0 Å². The number of aromatic nitrogens is 2. The largest absolute Gasteiger partial charge is 0.389 e. The molecule has 0 unspecified atom stereocenters. The van der Waals surface area contributed by atoms with Crippen LogP contribution >= 0.6 is 12.4 Å². The highest BCUT2D eigenvalue weighted by molar-refractivity contribution is 5.85. The van der Waals surface area contributed by atoms with Crippen molar-refractivity contribution < 1.29 is 18.3 Å². The molecule has 32 heavy (non-hydrogen) atoms. The normalized spacial score (nSPS) is 13.0. The molecule has 0 aliphatic heterocycles. The number of hydrogen-bond acceptors (Lipinski definition) is 3. The van der Waals surface area contributed by atoms with Crippen LogP contribution in [0, 0.1) is 17.5 Å². The Morgan fingerprint density at radius 1 is 0.969 bits per heavy atom. The Morgan fingerprint density at radius 2 is 1.62 bits per heavy atom. The van der Waals surface area contributed by atoms with Crippen LogP contribution in [0.5, 0.6) is 0 Å². The number of hydrogen-bond donors (Lipinski definition) is 2. The van der Waals surface area contributed by atoms with E-state index < -0.39 is 35.3 Å². The van der Waals surface area contributed by atoms with Crippen LogP contribution in [-0.2, 0) is 0 Å². The minimum Gasteiger partial charge on any atom is -0.389 e. The number of aliphatic hydroxyl groups excluding tert-OH is 1. The lowest BCUT2D eigenvalue weighted by Gasteiger charge is -2.25. The summed E-state index contributed by atoms with van der Waals surface area (Å²) in [5.74, 6) is -1.80.